The van der Waals surface area contributed by atoms with Crippen LogP contribution in [0.2, 0.25) is 0 Å². The van der Waals surface area contributed by atoms with Gasteiger partial charge in [-0.05, 0) is 20.8 Å². The van der Waals surface area contributed by atoms with E-state index in [0.717, 1.165) is 0 Å². The Bertz CT molecular complexity index is 891. The fraction of sp³-hybridized carbons (Fsp3) is 0.500. The molecule has 2 aromatic rings. The summed E-state index contributed by atoms with van der Waals surface area (Å²) >= 11 is 0. The van der Waals surface area contributed by atoms with Crippen LogP contribution in [0.1, 0.15) is 27.6 Å². The van der Waals surface area contributed by atoms with Crippen LogP contribution in [-0.4, -0.2) is 69.0 Å². The van der Waals surface area contributed by atoms with Crippen molar-refractivity contribution in [2.45, 2.75) is 32.9 Å². The molecule has 142 valence electrons. The average Bonchev–Trinajstić information content (AvgIpc) is 3.27. The highest BCUT2D eigenvalue weighted by Gasteiger charge is 2.54. The van der Waals surface area contributed by atoms with Gasteiger partial charge in [0.1, 0.15) is 17.1 Å². The number of aryl methyl sites for hydroxylation is 3. The number of likely N-dealkylation sites (N-methyl/N-ethyl adjacent to an activating group) is 1. The third-order valence-corrected chi connectivity index (χ3v) is 5.34. The van der Waals surface area contributed by atoms with E-state index in [1.165, 1.54) is 0 Å². The number of nitrogens with zero attached hydrogens (tertiary/aromatic N) is 5. The number of carbonyl (C=O) groups excluding carboxylic acids is 2. The molecule has 0 N–H and O–H groups in total. The van der Waals surface area contributed by atoms with Crippen molar-refractivity contribution in [1.29, 1.82) is 0 Å². The van der Waals surface area contributed by atoms with E-state index in [1.54, 1.807) is 49.9 Å². The van der Waals surface area contributed by atoms with Gasteiger partial charge in [0, 0.05) is 38.3 Å². The summed E-state index contributed by atoms with van der Waals surface area (Å²) in [6.07, 6.45) is 0.928. The summed E-state index contributed by atoms with van der Waals surface area (Å²) in [5.74, 6) is 1.10. The lowest BCUT2D eigenvalue weighted by molar-refractivity contribution is -0.134. The molecule has 2 aliphatic rings. The molecule has 9 heteroatoms. The van der Waals surface area contributed by atoms with Crippen LogP contribution in [0.25, 0.3) is 0 Å². The first-order valence-electron chi connectivity index (χ1n) is 8.82. The van der Waals surface area contributed by atoms with E-state index in [-0.39, 0.29) is 23.8 Å². The second-order valence-electron chi connectivity index (χ2n) is 7.07. The fourth-order valence-electron chi connectivity index (χ4n) is 3.95. The molecule has 0 radical (unpaired) electrons. The van der Waals surface area contributed by atoms with Crippen LogP contribution in [0.4, 0.5) is 0 Å². The molecule has 2 amide bonds. The molecule has 0 spiro atoms. The van der Waals surface area contributed by atoms with Gasteiger partial charge in [0.2, 0.25) is 5.88 Å². The highest BCUT2D eigenvalue weighted by Crippen LogP contribution is 2.35. The zero-order chi connectivity index (χ0) is 19.3. The normalized spacial score (nSPS) is 24.4. The maximum absolute atomic E-state index is 12.9. The van der Waals surface area contributed by atoms with Gasteiger partial charge in [0.15, 0.2) is 6.10 Å². The van der Waals surface area contributed by atoms with Gasteiger partial charge in [-0.1, -0.05) is 5.16 Å². The summed E-state index contributed by atoms with van der Waals surface area (Å²) in [7, 11) is 1.75. The van der Waals surface area contributed by atoms with Crippen LogP contribution >= 0.6 is 0 Å². The molecule has 4 heterocycles. The van der Waals surface area contributed by atoms with Crippen molar-refractivity contribution < 1.29 is 18.8 Å². The molecular formula is C18H21N5O4. The van der Waals surface area contributed by atoms with Gasteiger partial charge in [-0.15, -0.1) is 0 Å². The number of amides is 2. The minimum Gasteiger partial charge on any atom is -0.464 e. The van der Waals surface area contributed by atoms with E-state index in [0.29, 0.717) is 41.8 Å². The van der Waals surface area contributed by atoms with Crippen molar-refractivity contribution in [3.05, 3.63) is 35.1 Å². The quantitative estimate of drug-likeness (QED) is 0.784. The van der Waals surface area contributed by atoms with Crippen molar-refractivity contribution in [1.82, 2.24) is 24.9 Å². The highest BCUT2D eigenvalue weighted by molar-refractivity contribution is 5.96. The van der Waals surface area contributed by atoms with E-state index in [2.05, 4.69) is 15.1 Å². The van der Waals surface area contributed by atoms with Gasteiger partial charge in [-0.2, -0.15) is 4.98 Å². The largest absolute Gasteiger partial charge is 0.464 e. The predicted octanol–water partition coefficient (Wildman–Crippen LogP) is 0.750. The standard InChI is InChI=1S/C18H21N5O4/c1-9-15(10(2)27-21-9)17(24)23-7-12-13(8-23)22(4)18(25)16(12)26-14-5-6-19-11(3)20-14/h5-6,12-13,16H,7-8H2,1-4H3/t12-,13+,16-/m0/s1. The Hall–Kier alpha value is -2.97. The lowest BCUT2D eigenvalue weighted by Crippen LogP contribution is -2.40. The summed E-state index contributed by atoms with van der Waals surface area (Å²) in [5.41, 5.74) is 1.07. The summed E-state index contributed by atoms with van der Waals surface area (Å²) in [6.45, 7) is 6.12. The van der Waals surface area contributed by atoms with Crippen molar-refractivity contribution in [2.75, 3.05) is 20.1 Å². The topological polar surface area (TPSA) is 102 Å². The third kappa shape index (κ3) is 2.83. The second-order valence-corrected chi connectivity index (χ2v) is 7.07. The van der Waals surface area contributed by atoms with Crippen LogP contribution in [-0.2, 0) is 4.79 Å². The predicted molar refractivity (Wildman–Crippen MR) is 93.1 cm³/mol. The first-order chi connectivity index (χ1) is 12.9. The Morgan fingerprint density at radius 3 is 2.74 bits per heavy atom. The Labute approximate surface area is 156 Å². The molecule has 0 aliphatic carbocycles. The van der Waals surface area contributed by atoms with Crippen LogP contribution in [0.5, 0.6) is 5.88 Å². The summed E-state index contributed by atoms with van der Waals surface area (Å²) in [6, 6.07) is 1.55. The molecule has 0 bridgehead atoms. The van der Waals surface area contributed by atoms with E-state index in [4.69, 9.17) is 9.26 Å². The van der Waals surface area contributed by atoms with Gasteiger partial charge < -0.3 is 19.1 Å². The Balaban J connectivity index is 1.56. The van der Waals surface area contributed by atoms with Crippen molar-refractivity contribution in [3.8, 4) is 5.88 Å². The smallest absolute Gasteiger partial charge is 0.264 e. The number of hydrogen-bond donors (Lipinski definition) is 0. The van der Waals surface area contributed by atoms with Crippen LogP contribution in [0.15, 0.2) is 16.8 Å². The Morgan fingerprint density at radius 2 is 2.07 bits per heavy atom. The first kappa shape index (κ1) is 17.4. The number of fused-ring (bicyclic) bond motifs is 1. The highest BCUT2D eigenvalue weighted by atomic mass is 16.5. The van der Waals surface area contributed by atoms with Gasteiger partial charge in [-0.3, -0.25) is 9.59 Å². The number of aromatic nitrogens is 3. The monoisotopic (exact) mass is 371 g/mol. The van der Waals surface area contributed by atoms with Gasteiger partial charge in [-0.25, -0.2) is 4.98 Å². The number of ether oxygens (including phenoxy) is 1. The van der Waals surface area contributed by atoms with Gasteiger partial charge >= 0.3 is 0 Å². The maximum atomic E-state index is 12.9. The maximum Gasteiger partial charge on any atom is 0.264 e. The molecule has 0 saturated carbocycles. The van der Waals surface area contributed by atoms with Crippen LogP contribution in [0.3, 0.4) is 0 Å². The molecule has 2 fully saturated rings. The molecule has 0 unspecified atom stereocenters. The minimum atomic E-state index is -0.670. The molecule has 2 saturated heterocycles. The minimum absolute atomic E-state index is 0.0881. The fourth-order valence-corrected chi connectivity index (χ4v) is 3.95. The Kier molecular flexibility index (Phi) is 4.09. The summed E-state index contributed by atoms with van der Waals surface area (Å²) < 4.78 is 11.0. The summed E-state index contributed by atoms with van der Waals surface area (Å²) in [5, 5.41) is 3.86. The van der Waals surface area contributed by atoms with Gasteiger partial charge in [0.05, 0.1) is 11.7 Å². The van der Waals surface area contributed by atoms with Gasteiger partial charge in [0.25, 0.3) is 11.8 Å². The molecule has 27 heavy (non-hydrogen) atoms. The molecule has 2 aliphatic heterocycles. The van der Waals surface area contributed by atoms with Crippen molar-refractivity contribution in [3.63, 3.8) is 0 Å². The SMILES string of the molecule is Cc1nccc(O[C@@H]2C(=O)N(C)[C@@H]3CN(C(=O)c4c(C)noc4C)C[C@H]23)n1. The van der Waals surface area contributed by atoms with Crippen molar-refractivity contribution >= 4 is 11.8 Å². The van der Waals surface area contributed by atoms with E-state index >= 15 is 0 Å². The number of carbonyl (C=O) groups is 2. The molecule has 4 rings (SSSR count). The second kappa shape index (κ2) is 6.33. The summed E-state index contributed by atoms with van der Waals surface area (Å²) in [4.78, 5) is 37.3. The lowest BCUT2D eigenvalue weighted by Gasteiger charge is -2.22. The zero-order valence-electron chi connectivity index (χ0n) is 15.7. The Morgan fingerprint density at radius 1 is 1.30 bits per heavy atom. The molecular weight excluding hydrogens is 350 g/mol. The van der Waals surface area contributed by atoms with Crippen molar-refractivity contribution in [2.24, 2.45) is 5.92 Å². The molecule has 9 nitrogen and oxygen atoms in total. The molecule has 2 aromatic heterocycles. The third-order valence-electron chi connectivity index (χ3n) is 5.34. The average molecular weight is 371 g/mol. The molecule has 3 atom stereocenters. The van der Waals surface area contributed by atoms with Crippen LogP contribution in [0, 0.1) is 26.7 Å². The lowest BCUT2D eigenvalue weighted by atomic mass is 10.0. The van der Waals surface area contributed by atoms with E-state index < -0.39 is 6.10 Å². The molecule has 0 aromatic carbocycles. The number of rotatable bonds is 3. The number of hydrogen-bond acceptors (Lipinski definition) is 7. The van der Waals surface area contributed by atoms with E-state index in [9.17, 15) is 9.59 Å². The zero-order valence-corrected chi connectivity index (χ0v) is 15.7. The van der Waals surface area contributed by atoms with Crippen LogP contribution < -0.4 is 4.74 Å². The first-order valence-corrected chi connectivity index (χ1v) is 8.82. The van der Waals surface area contributed by atoms with E-state index in [1.807, 2.05) is 0 Å². The number of likely N-dealkylation sites (tertiary alicyclic amines) is 2.